The zero-order valence-corrected chi connectivity index (χ0v) is 15.5. The lowest BCUT2D eigenvalue weighted by atomic mass is 10.0. The molecule has 0 aliphatic rings. The van der Waals surface area contributed by atoms with E-state index >= 15 is 0 Å². The summed E-state index contributed by atoms with van der Waals surface area (Å²) < 4.78 is 0. The van der Waals surface area contributed by atoms with E-state index in [1.165, 1.54) is 23.1 Å². The van der Waals surface area contributed by atoms with Crippen LogP contribution >= 0.6 is 0 Å². The van der Waals surface area contributed by atoms with Gasteiger partial charge in [-0.1, -0.05) is 30.3 Å². The molecule has 0 bridgehead atoms. The third-order valence-electron chi connectivity index (χ3n) is 3.98. The van der Waals surface area contributed by atoms with Crippen LogP contribution in [0.5, 0.6) is 0 Å². The Kier molecular flexibility index (Phi) is 7.87. The van der Waals surface area contributed by atoms with Crippen molar-refractivity contribution >= 4 is 29.5 Å². The summed E-state index contributed by atoms with van der Waals surface area (Å²) in [5.74, 6) is -0.564. The van der Waals surface area contributed by atoms with Crippen LogP contribution in [-0.4, -0.2) is 36.9 Å². The van der Waals surface area contributed by atoms with Gasteiger partial charge in [-0.3, -0.25) is 14.4 Å². The van der Waals surface area contributed by atoms with Gasteiger partial charge in [-0.2, -0.15) is 0 Å². The van der Waals surface area contributed by atoms with Crippen molar-refractivity contribution in [2.45, 2.75) is 6.42 Å². The van der Waals surface area contributed by atoms with Crippen molar-refractivity contribution in [3.8, 4) is 0 Å². The van der Waals surface area contributed by atoms with Crippen molar-refractivity contribution in [3.63, 3.8) is 0 Å². The number of amides is 2. The van der Waals surface area contributed by atoms with Gasteiger partial charge in [-0.15, -0.1) is 0 Å². The fourth-order valence-corrected chi connectivity index (χ4v) is 2.48. The summed E-state index contributed by atoms with van der Waals surface area (Å²) in [4.78, 5) is 35.2. The Balaban J connectivity index is 1.97. The number of likely N-dealkylation sites (N-methyl/N-ethyl adjacent to an activating group) is 1. The van der Waals surface area contributed by atoms with Crippen LogP contribution in [0.25, 0.3) is 0 Å². The van der Waals surface area contributed by atoms with E-state index in [0.29, 0.717) is 18.4 Å². The highest BCUT2D eigenvalue weighted by Gasteiger charge is 2.07. The van der Waals surface area contributed by atoms with E-state index in [2.05, 4.69) is 5.32 Å². The maximum Gasteiger partial charge on any atom is 0.250 e. The molecule has 144 valence electrons. The van der Waals surface area contributed by atoms with Gasteiger partial charge < -0.3 is 15.3 Å². The third-order valence-corrected chi connectivity index (χ3v) is 3.98. The van der Waals surface area contributed by atoms with E-state index < -0.39 is 0 Å². The molecule has 0 saturated carbocycles. The summed E-state index contributed by atoms with van der Waals surface area (Å²) >= 11 is 0. The molecule has 2 rings (SSSR count). The molecule has 0 heterocycles. The number of aliphatic hydroxyl groups is 1. The first-order valence-electron chi connectivity index (χ1n) is 8.69. The lowest BCUT2D eigenvalue weighted by Crippen LogP contribution is -2.24. The number of benzene rings is 2. The monoisotopic (exact) mass is 378 g/mol. The van der Waals surface area contributed by atoms with Crippen molar-refractivity contribution in [1.82, 2.24) is 0 Å². The Hall–Kier alpha value is -3.51. The Bertz CT molecular complexity index is 868. The third kappa shape index (κ3) is 6.34. The number of nitrogens with zero attached hydrogens (tertiary/aromatic N) is 1. The molecule has 0 aromatic heterocycles. The molecule has 2 amide bonds. The first-order chi connectivity index (χ1) is 13.5. The average molecular weight is 378 g/mol. The Labute approximate surface area is 163 Å². The van der Waals surface area contributed by atoms with E-state index in [-0.39, 0.29) is 18.4 Å². The molecule has 0 spiro atoms. The highest BCUT2D eigenvalue weighted by atomic mass is 16.2. The normalized spacial score (nSPS) is 10.9. The molecule has 0 fully saturated rings. The first-order valence-corrected chi connectivity index (χ1v) is 8.69. The quantitative estimate of drug-likeness (QED) is 0.546. The molecule has 0 aliphatic heterocycles. The molecule has 0 atom stereocenters. The second kappa shape index (κ2) is 10.6. The van der Waals surface area contributed by atoms with Gasteiger partial charge in [0, 0.05) is 30.6 Å². The predicted octanol–water partition coefficient (Wildman–Crippen LogP) is 2.48. The van der Waals surface area contributed by atoms with Crippen LogP contribution in [0.4, 0.5) is 11.4 Å². The molecule has 0 radical (unpaired) electrons. The van der Waals surface area contributed by atoms with E-state index in [4.69, 9.17) is 5.11 Å². The van der Waals surface area contributed by atoms with Crippen molar-refractivity contribution in [3.05, 3.63) is 84.0 Å². The van der Waals surface area contributed by atoms with Crippen LogP contribution in [-0.2, 0) is 20.8 Å². The van der Waals surface area contributed by atoms with E-state index in [1.807, 2.05) is 36.4 Å². The summed E-state index contributed by atoms with van der Waals surface area (Å²) in [5.41, 5.74) is 3.57. The lowest BCUT2D eigenvalue weighted by Gasteiger charge is -2.15. The first kappa shape index (κ1) is 20.8. The topological polar surface area (TPSA) is 86.7 Å². The number of hydrogen-bond acceptors (Lipinski definition) is 4. The number of aldehydes is 1. The van der Waals surface area contributed by atoms with Gasteiger partial charge in [0.25, 0.3) is 0 Å². The smallest absolute Gasteiger partial charge is 0.250 e. The van der Waals surface area contributed by atoms with Crippen molar-refractivity contribution in [2.75, 3.05) is 23.9 Å². The minimum atomic E-state index is -0.358. The molecule has 28 heavy (non-hydrogen) atoms. The van der Waals surface area contributed by atoms with Crippen LogP contribution in [0.1, 0.15) is 11.1 Å². The molecule has 0 unspecified atom stereocenters. The van der Waals surface area contributed by atoms with E-state index in [9.17, 15) is 14.4 Å². The molecular formula is C22H22N2O4. The standard InChI is InChI=1S/C22H22N2O4/c1-24(22(28)5-3-15-26)20-12-8-18(9-13-20)16-17-6-10-19(11-7-17)23-21(27)4-2-14-25/h2-14,26H,15-16H2,1H3,(H,23,27)/b4-2-,5-3-. The SMILES string of the molecule is CN(C(=O)/C=C\CO)c1ccc(Cc2ccc(NC(=O)/C=C\C=O)cc2)cc1. The number of carbonyl (C=O) groups is 3. The minimum Gasteiger partial charge on any atom is -0.392 e. The summed E-state index contributed by atoms with van der Waals surface area (Å²) in [6.45, 7) is -0.170. The maximum atomic E-state index is 11.9. The van der Waals surface area contributed by atoms with E-state index in [1.54, 1.807) is 19.2 Å². The number of allylic oxidation sites excluding steroid dienone is 1. The van der Waals surface area contributed by atoms with Gasteiger partial charge in [0.15, 0.2) is 0 Å². The van der Waals surface area contributed by atoms with Crippen LogP contribution < -0.4 is 10.2 Å². The molecular weight excluding hydrogens is 356 g/mol. The van der Waals surface area contributed by atoms with Crippen LogP contribution in [0, 0.1) is 0 Å². The lowest BCUT2D eigenvalue weighted by molar-refractivity contribution is -0.114. The Morgan fingerprint density at radius 1 is 1.00 bits per heavy atom. The van der Waals surface area contributed by atoms with Crippen molar-refractivity contribution in [1.29, 1.82) is 0 Å². The number of carbonyl (C=O) groups excluding carboxylic acids is 3. The minimum absolute atomic E-state index is 0.170. The van der Waals surface area contributed by atoms with Gasteiger partial charge in [0.1, 0.15) is 6.29 Å². The fraction of sp³-hybridized carbons (Fsp3) is 0.136. The molecule has 2 aromatic rings. The summed E-state index contributed by atoms with van der Waals surface area (Å²) in [6.07, 6.45) is 6.31. The molecule has 6 heteroatoms. The maximum absolute atomic E-state index is 11.9. The van der Waals surface area contributed by atoms with Crippen molar-refractivity contribution in [2.24, 2.45) is 0 Å². The predicted molar refractivity (Wildman–Crippen MR) is 109 cm³/mol. The van der Waals surface area contributed by atoms with Crippen LogP contribution in [0.3, 0.4) is 0 Å². The second-order valence-corrected chi connectivity index (χ2v) is 6.01. The Morgan fingerprint density at radius 2 is 1.61 bits per heavy atom. The highest BCUT2D eigenvalue weighted by molar-refractivity contribution is 6.01. The molecule has 0 saturated heterocycles. The van der Waals surface area contributed by atoms with E-state index in [0.717, 1.165) is 22.9 Å². The highest BCUT2D eigenvalue weighted by Crippen LogP contribution is 2.18. The number of aliphatic hydroxyl groups excluding tert-OH is 1. The van der Waals surface area contributed by atoms with Gasteiger partial charge in [-0.25, -0.2) is 0 Å². The molecule has 2 aromatic carbocycles. The average Bonchev–Trinajstić information content (AvgIpc) is 2.72. The van der Waals surface area contributed by atoms with Gasteiger partial charge in [0.2, 0.25) is 11.8 Å². The second-order valence-electron chi connectivity index (χ2n) is 6.01. The number of nitrogens with one attached hydrogen (secondary N) is 1. The zero-order valence-electron chi connectivity index (χ0n) is 15.5. The summed E-state index contributed by atoms with van der Waals surface area (Å²) in [6, 6.07) is 15.1. The molecule has 0 aliphatic carbocycles. The summed E-state index contributed by atoms with van der Waals surface area (Å²) in [7, 11) is 1.68. The van der Waals surface area contributed by atoms with Crippen LogP contribution in [0.2, 0.25) is 0 Å². The number of hydrogen-bond donors (Lipinski definition) is 2. The molecule has 2 N–H and O–H groups in total. The van der Waals surface area contributed by atoms with Crippen molar-refractivity contribution < 1.29 is 19.5 Å². The Morgan fingerprint density at radius 3 is 2.18 bits per heavy atom. The summed E-state index contributed by atoms with van der Waals surface area (Å²) in [5, 5.41) is 11.4. The number of rotatable bonds is 8. The van der Waals surface area contributed by atoms with Gasteiger partial charge in [-0.05, 0) is 47.9 Å². The largest absolute Gasteiger partial charge is 0.392 e. The molecule has 6 nitrogen and oxygen atoms in total. The van der Waals surface area contributed by atoms with Crippen LogP contribution in [0.15, 0.2) is 72.8 Å². The number of anilines is 2. The van der Waals surface area contributed by atoms with Gasteiger partial charge in [0.05, 0.1) is 6.61 Å². The fourth-order valence-electron chi connectivity index (χ4n) is 2.48. The van der Waals surface area contributed by atoms with Gasteiger partial charge >= 0.3 is 0 Å². The zero-order chi connectivity index (χ0) is 20.4.